The number of hydrogen-bond donors (Lipinski definition) is 2. The standard InChI is InChI=1S/C24H17F8N7O2/c1-21(11-2-4-12(5-3-11)41-24(30,31)32)15-16(33)36-17(37-18(15)38-20(21)40)14-10-39-9-8-34-19(39)13(35-14)6-7-22(25,26)23(27,28)29/h2-5,8-10H,6-7H2,1H3,(H3,33,36,37,38,40). The number of alkyl halides is 8. The number of aryl methyl sites for hydroxylation is 1. The number of benzene rings is 1. The van der Waals surface area contributed by atoms with Crippen molar-refractivity contribution in [1.29, 1.82) is 0 Å². The first-order chi connectivity index (χ1) is 19.0. The molecule has 9 nitrogen and oxygen atoms in total. The Bertz CT molecular complexity index is 1650. The van der Waals surface area contributed by atoms with Crippen molar-refractivity contribution in [3.05, 3.63) is 59.7 Å². The van der Waals surface area contributed by atoms with Gasteiger partial charge in [0.2, 0.25) is 5.91 Å². The lowest BCUT2D eigenvalue weighted by molar-refractivity contribution is -0.284. The van der Waals surface area contributed by atoms with E-state index >= 15 is 0 Å². The van der Waals surface area contributed by atoms with E-state index in [1.54, 1.807) is 0 Å². The Morgan fingerprint density at radius 2 is 1.71 bits per heavy atom. The number of ether oxygens (including phenoxy) is 1. The largest absolute Gasteiger partial charge is 0.573 e. The fourth-order valence-corrected chi connectivity index (χ4v) is 4.48. The Labute approximate surface area is 224 Å². The van der Waals surface area contributed by atoms with Crippen LogP contribution in [0.15, 0.2) is 42.9 Å². The minimum Gasteiger partial charge on any atom is -0.406 e. The zero-order chi connectivity index (χ0) is 30.0. The van der Waals surface area contributed by atoms with Gasteiger partial charge in [0.15, 0.2) is 11.5 Å². The Kier molecular flexibility index (Phi) is 6.30. The van der Waals surface area contributed by atoms with E-state index < -0.39 is 48.4 Å². The summed E-state index contributed by atoms with van der Waals surface area (Å²) in [5.41, 5.74) is 4.84. The van der Waals surface area contributed by atoms with Gasteiger partial charge in [-0.3, -0.25) is 4.79 Å². The van der Waals surface area contributed by atoms with Crippen molar-refractivity contribution in [3.63, 3.8) is 0 Å². The summed E-state index contributed by atoms with van der Waals surface area (Å²) >= 11 is 0. The van der Waals surface area contributed by atoms with Crippen LogP contribution in [-0.4, -0.2) is 48.7 Å². The molecule has 0 fully saturated rings. The first kappa shape index (κ1) is 28.0. The number of fused-ring (bicyclic) bond motifs is 2. The predicted molar refractivity (Wildman–Crippen MR) is 126 cm³/mol. The van der Waals surface area contributed by atoms with E-state index in [-0.39, 0.29) is 45.6 Å². The van der Waals surface area contributed by atoms with Gasteiger partial charge in [0.25, 0.3) is 0 Å². The van der Waals surface area contributed by atoms with E-state index in [2.05, 4.69) is 30.0 Å². The number of hydrogen-bond acceptors (Lipinski definition) is 7. The van der Waals surface area contributed by atoms with Crippen molar-refractivity contribution in [1.82, 2.24) is 24.3 Å². The maximum absolute atomic E-state index is 13.6. The molecule has 0 radical (unpaired) electrons. The highest BCUT2D eigenvalue weighted by Gasteiger charge is 2.56. The summed E-state index contributed by atoms with van der Waals surface area (Å²) in [6, 6.07) is 4.55. The predicted octanol–water partition coefficient (Wildman–Crippen LogP) is 5.06. The molecule has 41 heavy (non-hydrogen) atoms. The second-order valence-electron chi connectivity index (χ2n) is 9.24. The molecule has 3 N–H and O–H groups in total. The summed E-state index contributed by atoms with van der Waals surface area (Å²) < 4.78 is 108. The highest BCUT2D eigenvalue weighted by molar-refractivity contribution is 6.09. The molecule has 1 amide bonds. The summed E-state index contributed by atoms with van der Waals surface area (Å²) in [4.78, 5) is 29.7. The fraction of sp³-hybridized carbons (Fsp3) is 0.292. The molecule has 1 aliphatic rings. The van der Waals surface area contributed by atoms with Crippen LogP contribution in [0.2, 0.25) is 0 Å². The number of rotatable bonds is 6. The number of aromatic nitrogens is 5. The van der Waals surface area contributed by atoms with Gasteiger partial charge in [-0.2, -0.15) is 22.0 Å². The zero-order valence-electron chi connectivity index (χ0n) is 20.6. The molecular weight excluding hydrogens is 570 g/mol. The first-order valence-corrected chi connectivity index (χ1v) is 11.6. The molecule has 0 saturated heterocycles. The van der Waals surface area contributed by atoms with Crippen LogP contribution in [0.4, 0.5) is 46.8 Å². The van der Waals surface area contributed by atoms with Crippen LogP contribution < -0.4 is 15.8 Å². The minimum absolute atomic E-state index is 0.0414. The smallest absolute Gasteiger partial charge is 0.406 e. The average Bonchev–Trinajstić information content (AvgIpc) is 3.44. The van der Waals surface area contributed by atoms with Gasteiger partial charge in [-0.15, -0.1) is 13.2 Å². The molecule has 0 saturated carbocycles. The van der Waals surface area contributed by atoms with Gasteiger partial charge in [-0.1, -0.05) is 12.1 Å². The molecule has 0 bridgehead atoms. The lowest BCUT2D eigenvalue weighted by Crippen LogP contribution is -2.36. The van der Waals surface area contributed by atoms with Gasteiger partial charge in [-0.05, 0) is 31.0 Å². The Morgan fingerprint density at radius 3 is 2.34 bits per heavy atom. The number of nitrogens with one attached hydrogen (secondary N) is 1. The summed E-state index contributed by atoms with van der Waals surface area (Å²) in [5.74, 6) is -6.53. The van der Waals surface area contributed by atoms with Gasteiger partial charge in [0.05, 0.1) is 11.3 Å². The number of carbonyl (C=O) groups excluding carboxylic acids is 1. The van der Waals surface area contributed by atoms with Crippen molar-refractivity contribution >= 4 is 23.2 Å². The lowest BCUT2D eigenvalue weighted by Gasteiger charge is -2.23. The number of nitrogens with two attached hydrogens (primary N) is 1. The third-order valence-electron chi connectivity index (χ3n) is 6.55. The van der Waals surface area contributed by atoms with Crippen molar-refractivity contribution < 1.29 is 44.7 Å². The SMILES string of the molecule is CC1(c2ccc(OC(F)(F)F)cc2)C(=O)Nc2nc(-c3cn4ccnc4c(CCC(F)(F)C(F)(F)F)n3)nc(N)c21. The number of nitrogen functional groups attached to an aromatic ring is 1. The first-order valence-electron chi connectivity index (χ1n) is 11.6. The maximum Gasteiger partial charge on any atom is 0.573 e. The molecule has 1 aliphatic heterocycles. The van der Waals surface area contributed by atoms with E-state index in [4.69, 9.17) is 5.73 Å². The summed E-state index contributed by atoms with van der Waals surface area (Å²) in [5, 5.41) is 2.55. The molecule has 0 aliphatic carbocycles. The maximum atomic E-state index is 13.6. The number of anilines is 2. The number of nitrogens with zero attached hydrogens (tertiary/aromatic N) is 5. The van der Waals surface area contributed by atoms with Gasteiger partial charge >= 0.3 is 18.5 Å². The van der Waals surface area contributed by atoms with Crippen LogP contribution in [0.3, 0.4) is 0 Å². The number of halogens is 8. The summed E-state index contributed by atoms with van der Waals surface area (Å²) in [6.45, 7) is 1.46. The molecule has 5 rings (SSSR count). The molecule has 216 valence electrons. The van der Waals surface area contributed by atoms with Gasteiger partial charge < -0.3 is 20.2 Å². The van der Waals surface area contributed by atoms with Gasteiger partial charge in [0.1, 0.15) is 28.5 Å². The Morgan fingerprint density at radius 1 is 1.02 bits per heavy atom. The Balaban J connectivity index is 1.52. The number of amides is 1. The fourth-order valence-electron chi connectivity index (χ4n) is 4.48. The van der Waals surface area contributed by atoms with E-state index in [1.807, 2.05) is 0 Å². The molecule has 4 aromatic rings. The van der Waals surface area contributed by atoms with Gasteiger partial charge in [0, 0.05) is 25.0 Å². The van der Waals surface area contributed by atoms with E-state index in [9.17, 15) is 39.9 Å². The Hall–Kier alpha value is -4.57. The molecule has 0 spiro atoms. The third-order valence-corrected chi connectivity index (χ3v) is 6.55. The van der Waals surface area contributed by atoms with Crippen LogP contribution in [0, 0.1) is 0 Å². The third kappa shape index (κ3) is 4.95. The minimum atomic E-state index is -5.75. The molecular formula is C24H17F8N7O2. The zero-order valence-corrected chi connectivity index (χ0v) is 20.6. The van der Waals surface area contributed by atoms with Crippen LogP contribution in [0.5, 0.6) is 5.75 Å². The molecule has 3 aromatic heterocycles. The number of imidazole rings is 1. The second-order valence-corrected chi connectivity index (χ2v) is 9.24. The van der Waals surface area contributed by atoms with Crippen molar-refractivity contribution in [2.45, 2.75) is 43.6 Å². The normalized spacial score (nSPS) is 17.5. The average molecular weight is 587 g/mol. The molecule has 4 heterocycles. The van der Waals surface area contributed by atoms with Crippen molar-refractivity contribution in [2.24, 2.45) is 0 Å². The second kappa shape index (κ2) is 9.24. The summed E-state index contributed by atoms with van der Waals surface area (Å²) in [7, 11) is 0. The highest BCUT2D eigenvalue weighted by atomic mass is 19.4. The van der Waals surface area contributed by atoms with E-state index in [0.717, 1.165) is 12.1 Å². The van der Waals surface area contributed by atoms with Gasteiger partial charge in [-0.25, -0.2) is 19.9 Å². The molecule has 17 heteroatoms. The topological polar surface area (TPSA) is 120 Å². The van der Waals surface area contributed by atoms with E-state index in [0.29, 0.717) is 0 Å². The van der Waals surface area contributed by atoms with Crippen LogP contribution >= 0.6 is 0 Å². The molecule has 1 aromatic carbocycles. The summed E-state index contributed by atoms with van der Waals surface area (Å²) in [6.07, 6.45) is -8.97. The van der Waals surface area contributed by atoms with E-state index in [1.165, 1.54) is 42.0 Å². The van der Waals surface area contributed by atoms with Crippen molar-refractivity contribution in [3.8, 4) is 17.3 Å². The quantitative estimate of drug-likeness (QED) is 0.303. The highest BCUT2D eigenvalue weighted by Crippen LogP contribution is 2.45. The monoisotopic (exact) mass is 587 g/mol. The molecule has 1 unspecified atom stereocenters. The lowest BCUT2D eigenvalue weighted by atomic mass is 9.78. The number of carbonyl (C=O) groups is 1. The van der Waals surface area contributed by atoms with Crippen molar-refractivity contribution in [2.75, 3.05) is 11.1 Å². The van der Waals surface area contributed by atoms with Crippen LogP contribution in [-0.2, 0) is 16.6 Å². The van der Waals surface area contributed by atoms with Crippen LogP contribution in [0.25, 0.3) is 17.2 Å². The molecule has 1 atom stereocenters. The van der Waals surface area contributed by atoms with Crippen LogP contribution in [0.1, 0.15) is 30.2 Å².